The number of methoxy groups -OCH3 is 2. The normalized spacial score (nSPS) is 18.7. The van der Waals surface area contributed by atoms with Crippen LogP contribution in [0.5, 0.6) is 0 Å². The van der Waals surface area contributed by atoms with Gasteiger partial charge in [-0.3, -0.25) is 0 Å². The van der Waals surface area contributed by atoms with E-state index in [1.165, 1.54) is 5.56 Å². The van der Waals surface area contributed by atoms with Crippen molar-refractivity contribution in [3.8, 4) is 0 Å². The molecule has 136 valence electrons. The van der Waals surface area contributed by atoms with Crippen LogP contribution in [-0.4, -0.2) is 26.2 Å². The Hall–Kier alpha value is -1.07. The van der Waals surface area contributed by atoms with Gasteiger partial charge in [-0.1, -0.05) is 24.3 Å². The third kappa shape index (κ3) is 5.49. The third-order valence-electron chi connectivity index (χ3n) is 5.12. The molecule has 0 N–H and O–H groups in total. The molecule has 1 aromatic rings. The Morgan fingerprint density at radius 1 is 1.00 bits per heavy atom. The number of halogens is 3. The van der Waals surface area contributed by atoms with Crippen molar-refractivity contribution >= 4 is 0 Å². The molecule has 0 aromatic heterocycles. The first-order valence-electron chi connectivity index (χ1n) is 8.63. The van der Waals surface area contributed by atoms with Crippen LogP contribution in [0.4, 0.5) is 13.2 Å². The second kappa shape index (κ2) is 8.34. The summed E-state index contributed by atoms with van der Waals surface area (Å²) in [5, 5.41) is 0. The van der Waals surface area contributed by atoms with Gasteiger partial charge in [0, 0.05) is 33.5 Å². The molecule has 0 aliphatic heterocycles. The van der Waals surface area contributed by atoms with E-state index in [-0.39, 0.29) is 6.42 Å². The summed E-state index contributed by atoms with van der Waals surface area (Å²) in [5.74, 6) is 0.0669. The van der Waals surface area contributed by atoms with Gasteiger partial charge in [0.1, 0.15) is 0 Å². The first-order chi connectivity index (χ1) is 11.4. The highest BCUT2D eigenvalue weighted by atomic mass is 19.4. The summed E-state index contributed by atoms with van der Waals surface area (Å²) in [6, 6.07) is 8.35. The van der Waals surface area contributed by atoms with E-state index in [1.807, 2.05) is 0 Å². The minimum absolute atomic E-state index is 0.198. The van der Waals surface area contributed by atoms with Gasteiger partial charge < -0.3 is 9.47 Å². The van der Waals surface area contributed by atoms with E-state index >= 15 is 0 Å². The first kappa shape index (κ1) is 19.3. The van der Waals surface area contributed by atoms with Crippen molar-refractivity contribution in [3.63, 3.8) is 0 Å². The summed E-state index contributed by atoms with van der Waals surface area (Å²) in [6.45, 7) is 0. The molecule has 24 heavy (non-hydrogen) atoms. The van der Waals surface area contributed by atoms with E-state index in [4.69, 9.17) is 9.47 Å². The molecule has 2 nitrogen and oxygen atoms in total. The van der Waals surface area contributed by atoms with E-state index in [1.54, 1.807) is 14.2 Å². The van der Waals surface area contributed by atoms with Gasteiger partial charge in [0.05, 0.1) is 0 Å². The predicted molar refractivity (Wildman–Crippen MR) is 88.0 cm³/mol. The van der Waals surface area contributed by atoms with E-state index in [0.717, 1.165) is 31.2 Å². The molecule has 0 radical (unpaired) electrons. The number of alkyl halides is 3. The fourth-order valence-electron chi connectivity index (χ4n) is 3.49. The first-order valence-corrected chi connectivity index (χ1v) is 8.63. The highest BCUT2D eigenvalue weighted by molar-refractivity contribution is 5.26. The lowest BCUT2D eigenvalue weighted by atomic mass is 9.80. The number of aryl methyl sites for hydroxylation is 1. The summed E-state index contributed by atoms with van der Waals surface area (Å²) in [7, 11) is 3.38. The number of rotatable bonds is 7. The molecule has 0 amide bonds. The number of hydrogen-bond acceptors (Lipinski definition) is 2. The van der Waals surface area contributed by atoms with Crippen LogP contribution in [0.2, 0.25) is 0 Å². The Labute approximate surface area is 142 Å². The van der Waals surface area contributed by atoms with Crippen molar-refractivity contribution < 1.29 is 22.6 Å². The van der Waals surface area contributed by atoms with Crippen molar-refractivity contribution in [1.29, 1.82) is 0 Å². The Morgan fingerprint density at radius 3 is 2.08 bits per heavy atom. The SMILES string of the molecule is COC1(OC)CCC(c2ccc(CCCCC(F)(F)F)cc2)CC1. The number of benzene rings is 1. The molecule has 1 saturated carbocycles. The second-order valence-electron chi connectivity index (χ2n) is 6.66. The van der Waals surface area contributed by atoms with Gasteiger partial charge in [-0.05, 0) is 49.1 Å². The zero-order valence-corrected chi connectivity index (χ0v) is 14.5. The van der Waals surface area contributed by atoms with Crippen LogP contribution in [0.1, 0.15) is 62.0 Å². The molecule has 0 bridgehead atoms. The van der Waals surface area contributed by atoms with Crippen LogP contribution in [0, 0.1) is 0 Å². The molecule has 1 aliphatic carbocycles. The molecular weight excluding hydrogens is 317 g/mol. The fraction of sp³-hybridized carbons (Fsp3) is 0.684. The Bertz CT molecular complexity index is 482. The smallest absolute Gasteiger partial charge is 0.353 e. The lowest BCUT2D eigenvalue weighted by Crippen LogP contribution is -2.37. The molecule has 0 heterocycles. The molecular formula is C19H27F3O2. The lowest BCUT2D eigenvalue weighted by molar-refractivity contribution is -0.224. The average Bonchev–Trinajstić information content (AvgIpc) is 2.59. The van der Waals surface area contributed by atoms with Gasteiger partial charge in [-0.15, -0.1) is 0 Å². The summed E-state index contributed by atoms with van der Waals surface area (Å²) >= 11 is 0. The minimum atomic E-state index is -4.04. The van der Waals surface area contributed by atoms with Crippen LogP contribution in [-0.2, 0) is 15.9 Å². The zero-order valence-electron chi connectivity index (χ0n) is 14.5. The molecule has 0 spiro atoms. The lowest BCUT2D eigenvalue weighted by Gasteiger charge is -2.38. The topological polar surface area (TPSA) is 18.5 Å². The molecule has 5 heteroatoms. The Morgan fingerprint density at radius 2 is 1.58 bits per heavy atom. The molecule has 0 atom stereocenters. The summed E-state index contributed by atoms with van der Waals surface area (Å²) in [6.07, 6.45) is 0.555. The van der Waals surface area contributed by atoms with Gasteiger partial charge in [-0.25, -0.2) is 0 Å². The average molecular weight is 344 g/mol. The molecule has 1 fully saturated rings. The van der Waals surface area contributed by atoms with Crippen molar-refractivity contribution in [3.05, 3.63) is 35.4 Å². The standard InChI is InChI=1S/C19H27F3O2/c1-23-18(24-2)13-10-17(11-14-18)16-8-6-15(7-9-16)5-3-4-12-19(20,21)22/h6-9,17H,3-5,10-14H2,1-2H3. The summed E-state index contributed by atoms with van der Waals surface area (Å²) < 4.78 is 47.4. The minimum Gasteiger partial charge on any atom is -0.353 e. The highest BCUT2D eigenvalue weighted by Crippen LogP contribution is 2.40. The second-order valence-corrected chi connectivity index (χ2v) is 6.66. The molecule has 0 unspecified atom stereocenters. The Balaban J connectivity index is 1.80. The quantitative estimate of drug-likeness (QED) is 0.473. The molecule has 1 aromatic carbocycles. The summed E-state index contributed by atoms with van der Waals surface area (Å²) in [4.78, 5) is 0. The molecule has 0 saturated heterocycles. The summed E-state index contributed by atoms with van der Waals surface area (Å²) in [5.41, 5.74) is 2.41. The Kier molecular flexibility index (Phi) is 6.70. The van der Waals surface area contributed by atoms with Crippen LogP contribution < -0.4 is 0 Å². The predicted octanol–water partition coefficient (Wildman–Crippen LogP) is 5.61. The fourth-order valence-corrected chi connectivity index (χ4v) is 3.49. The van der Waals surface area contributed by atoms with Crippen LogP contribution in [0.3, 0.4) is 0 Å². The molecule has 1 aliphatic rings. The van der Waals surface area contributed by atoms with E-state index < -0.39 is 18.4 Å². The maximum absolute atomic E-state index is 12.1. The maximum atomic E-state index is 12.1. The van der Waals surface area contributed by atoms with E-state index in [0.29, 0.717) is 18.8 Å². The van der Waals surface area contributed by atoms with Crippen molar-refractivity contribution in [2.24, 2.45) is 0 Å². The van der Waals surface area contributed by atoms with E-state index in [2.05, 4.69) is 24.3 Å². The van der Waals surface area contributed by atoms with Crippen molar-refractivity contribution in [2.75, 3.05) is 14.2 Å². The van der Waals surface area contributed by atoms with Crippen molar-refractivity contribution in [1.82, 2.24) is 0 Å². The van der Waals surface area contributed by atoms with E-state index in [9.17, 15) is 13.2 Å². The largest absolute Gasteiger partial charge is 0.389 e. The third-order valence-corrected chi connectivity index (χ3v) is 5.12. The van der Waals surface area contributed by atoms with Gasteiger partial charge in [0.2, 0.25) is 0 Å². The highest BCUT2D eigenvalue weighted by Gasteiger charge is 2.35. The maximum Gasteiger partial charge on any atom is 0.389 e. The monoisotopic (exact) mass is 344 g/mol. The van der Waals surface area contributed by atoms with Crippen LogP contribution in [0.25, 0.3) is 0 Å². The van der Waals surface area contributed by atoms with Crippen molar-refractivity contribution in [2.45, 2.75) is 69.2 Å². The van der Waals surface area contributed by atoms with Gasteiger partial charge in [-0.2, -0.15) is 13.2 Å². The van der Waals surface area contributed by atoms with Crippen LogP contribution >= 0.6 is 0 Å². The zero-order chi connectivity index (χ0) is 17.6. The van der Waals surface area contributed by atoms with Gasteiger partial charge in [0.15, 0.2) is 5.79 Å². The number of unbranched alkanes of at least 4 members (excludes halogenated alkanes) is 1. The van der Waals surface area contributed by atoms with Crippen LogP contribution in [0.15, 0.2) is 24.3 Å². The van der Waals surface area contributed by atoms with Gasteiger partial charge in [0.25, 0.3) is 0 Å². The molecule has 2 rings (SSSR count). The number of ether oxygens (including phenoxy) is 2. The number of hydrogen-bond donors (Lipinski definition) is 0. The van der Waals surface area contributed by atoms with Gasteiger partial charge >= 0.3 is 6.18 Å².